The number of hydrogen-bond donors (Lipinski definition) is 2. The molecule has 1 aromatic heterocycles. The number of amides is 2. The van der Waals surface area contributed by atoms with E-state index in [1.165, 1.54) is 6.08 Å². The Labute approximate surface area is 158 Å². The van der Waals surface area contributed by atoms with E-state index in [4.69, 9.17) is 4.74 Å². The van der Waals surface area contributed by atoms with Crippen molar-refractivity contribution in [3.05, 3.63) is 66.4 Å². The van der Waals surface area contributed by atoms with Gasteiger partial charge in [0.1, 0.15) is 5.82 Å². The van der Waals surface area contributed by atoms with Crippen LogP contribution in [0.4, 0.5) is 11.5 Å². The van der Waals surface area contributed by atoms with Gasteiger partial charge < -0.3 is 20.3 Å². The maximum absolute atomic E-state index is 12.4. The fraction of sp³-hybridized carbons (Fsp3) is 0.250. The summed E-state index contributed by atoms with van der Waals surface area (Å²) in [6, 6.07) is 10.8. The third-order valence-corrected chi connectivity index (χ3v) is 4.21. The Hall–Kier alpha value is -3.19. The highest BCUT2D eigenvalue weighted by atomic mass is 16.5. The number of carbonyl (C=O) groups excluding carboxylic acids is 2. The van der Waals surface area contributed by atoms with Gasteiger partial charge >= 0.3 is 0 Å². The molecule has 0 spiro atoms. The van der Waals surface area contributed by atoms with E-state index in [-0.39, 0.29) is 11.8 Å². The van der Waals surface area contributed by atoms with Crippen LogP contribution in [-0.4, -0.2) is 43.1 Å². The normalized spacial score (nSPS) is 13.7. The smallest absolute Gasteiger partial charge is 0.255 e. The zero-order valence-corrected chi connectivity index (χ0v) is 15.0. The Bertz CT molecular complexity index is 797. The molecule has 7 heteroatoms. The quantitative estimate of drug-likeness (QED) is 0.764. The lowest BCUT2D eigenvalue weighted by molar-refractivity contribution is -0.116. The van der Waals surface area contributed by atoms with Crippen LogP contribution in [0.2, 0.25) is 0 Å². The number of morpholine rings is 1. The first-order valence-electron chi connectivity index (χ1n) is 8.75. The Kier molecular flexibility index (Phi) is 6.17. The summed E-state index contributed by atoms with van der Waals surface area (Å²) < 4.78 is 5.34. The number of rotatable bonds is 6. The minimum atomic E-state index is -0.232. The SMILES string of the molecule is C=CC(=O)NCc1ccc(C(=O)Nc2ccc(N3CCOCC3)nc2)cc1. The molecule has 3 rings (SSSR count). The van der Waals surface area contributed by atoms with Crippen molar-refractivity contribution in [1.29, 1.82) is 0 Å². The minimum absolute atomic E-state index is 0.211. The topological polar surface area (TPSA) is 83.6 Å². The van der Waals surface area contributed by atoms with Gasteiger partial charge in [-0.2, -0.15) is 0 Å². The fourth-order valence-corrected chi connectivity index (χ4v) is 2.68. The van der Waals surface area contributed by atoms with Crippen LogP contribution in [0.1, 0.15) is 15.9 Å². The Morgan fingerprint density at radius 2 is 1.89 bits per heavy atom. The monoisotopic (exact) mass is 366 g/mol. The summed E-state index contributed by atoms with van der Waals surface area (Å²) in [6.45, 7) is 6.83. The number of pyridine rings is 1. The molecule has 1 fully saturated rings. The molecule has 2 N–H and O–H groups in total. The average molecular weight is 366 g/mol. The molecule has 2 aromatic rings. The maximum Gasteiger partial charge on any atom is 0.255 e. The number of nitrogens with one attached hydrogen (secondary N) is 2. The van der Waals surface area contributed by atoms with Crippen molar-refractivity contribution >= 4 is 23.3 Å². The second-order valence-corrected chi connectivity index (χ2v) is 6.08. The molecule has 2 heterocycles. The fourth-order valence-electron chi connectivity index (χ4n) is 2.68. The maximum atomic E-state index is 12.4. The highest BCUT2D eigenvalue weighted by Gasteiger charge is 2.12. The molecule has 0 unspecified atom stereocenters. The largest absolute Gasteiger partial charge is 0.378 e. The molecule has 0 radical (unpaired) electrons. The molecule has 1 aliphatic heterocycles. The molecule has 140 valence electrons. The van der Waals surface area contributed by atoms with Crippen molar-refractivity contribution in [3.63, 3.8) is 0 Å². The van der Waals surface area contributed by atoms with Crippen molar-refractivity contribution in [1.82, 2.24) is 10.3 Å². The van der Waals surface area contributed by atoms with Gasteiger partial charge in [0.25, 0.3) is 5.91 Å². The van der Waals surface area contributed by atoms with E-state index in [0.717, 1.165) is 24.5 Å². The summed E-state index contributed by atoms with van der Waals surface area (Å²) in [5.74, 6) is 0.435. The van der Waals surface area contributed by atoms with E-state index in [9.17, 15) is 9.59 Å². The molecule has 0 bridgehead atoms. The summed E-state index contributed by atoms with van der Waals surface area (Å²) in [5, 5.41) is 5.53. The van der Waals surface area contributed by atoms with Crippen molar-refractivity contribution in [2.24, 2.45) is 0 Å². The molecular weight excluding hydrogens is 344 g/mol. The van der Waals surface area contributed by atoms with E-state index in [0.29, 0.717) is 31.0 Å². The lowest BCUT2D eigenvalue weighted by Gasteiger charge is -2.27. The number of carbonyl (C=O) groups is 2. The summed E-state index contributed by atoms with van der Waals surface area (Å²) in [5.41, 5.74) is 2.07. The van der Waals surface area contributed by atoms with Crippen LogP contribution in [0.25, 0.3) is 0 Å². The second-order valence-electron chi connectivity index (χ2n) is 6.08. The summed E-state index contributed by atoms with van der Waals surface area (Å²) >= 11 is 0. The van der Waals surface area contributed by atoms with E-state index >= 15 is 0 Å². The third-order valence-electron chi connectivity index (χ3n) is 4.21. The van der Waals surface area contributed by atoms with Crippen LogP contribution in [0.3, 0.4) is 0 Å². The molecule has 27 heavy (non-hydrogen) atoms. The number of anilines is 2. The zero-order chi connectivity index (χ0) is 19.1. The van der Waals surface area contributed by atoms with Crippen LogP contribution in [0.15, 0.2) is 55.3 Å². The zero-order valence-electron chi connectivity index (χ0n) is 15.0. The number of aromatic nitrogens is 1. The molecule has 2 amide bonds. The standard InChI is InChI=1S/C20H22N4O3/c1-2-19(25)22-13-15-3-5-16(6-4-15)20(26)23-17-7-8-18(21-14-17)24-9-11-27-12-10-24/h2-8,14H,1,9-13H2,(H,22,25)(H,23,26). The highest BCUT2D eigenvalue weighted by molar-refractivity contribution is 6.04. The Morgan fingerprint density at radius 3 is 2.52 bits per heavy atom. The first-order chi connectivity index (χ1) is 13.2. The summed E-state index contributed by atoms with van der Waals surface area (Å²) in [7, 11) is 0. The van der Waals surface area contributed by atoms with Gasteiger partial charge in [-0.25, -0.2) is 4.98 Å². The third kappa shape index (κ3) is 5.15. The van der Waals surface area contributed by atoms with Gasteiger partial charge in [-0.15, -0.1) is 0 Å². The van der Waals surface area contributed by atoms with Crippen molar-refractivity contribution in [2.75, 3.05) is 36.5 Å². The van der Waals surface area contributed by atoms with Crippen molar-refractivity contribution in [2.45, 2.75) is 6.54 Å². The molecule has 7 nitrogen and oxygen atoms in total. The van der Waals surface area contributed by atoms with Crippen LogP contribution >= 0.6 is 0 Å². The van der Waals surface area contributed by atoms with Gasteiger partial charge in [0.05, 0.1) is 25.1 Å². The minimum Gasteiger partial charge on any atom is -0.378 e. The van der Waals surface area contributed by atoms with Crippen LogP contribution in [-0.2, 0) is 16.1 Å². The molecule has 1 aliphatic rings. The lowest BCUT2D eigenvalue weighted by Crippen LogP contribution is -2.36. The number of ether oxygens (including phenoxy) is 1. The number of benzene rings is 1. The first kappa shape index (κ1) is 18.6. The van der Waals surface area contributed by atoms with E-state index < -0.39 is 0 Å². The van der Waals surface area contributed by atoms with E-state index in [1.807, 2.05) is 12.1 Å². The molecule has 0 saturated carbocycles. The average Bonchev–Trinajstić information content (AvgIpc) is 2.73. The predicted octanol–water partition coefficient (Wildman–Crippen LogP) is 1.97. The van der Waals surface area contributed by atoms with Crippen LogP contribution in [0, 0.1) is 0 Å². The predicted molar refractivity (Wildman–Crippen MR) is 104 cm³/mol. The second kappa shape index (κ2) is 8.95. The van der Waals surface area contributed by atoms with Crippen LogP contribution in [0.5, 0.6) is 0 Å². The van der Waals surface area contributed by atoms with Gasteiger partial charge in [-0.3, -0.25) is 9.59 Å². The van der Waals surface area contributed by atoms with E-state index in [1.54, 1.807) is 30.5 Å². The van der Waals surface area contributed by atoms with Gasteiger partial charge in [-0.05, 0) is 35.9 Å². The van der Waals surface area contributed by atoms with Gasteiger partial charge in [-0.1, -0.05) is 18.7 Å². The Balaban J connectivity index is 1.56. The Morgan fingerprint density at radius 1 is 1.15 bits per heavy atom. The lowest BCUT2D eigenvalue weighted by atomic mass is 10.1. The van der Waals surface area contributed by atoms with Crippen molar-refractivity contribution in [3.8, 4) is 0 Å². The van der Waals surface area contributed by atoms with Gasteiger partial charge in [0.15, 0.2) is 0 Å². The molecule has 0 aliphatic carbocycles. The molecular formula is C20H22N4O3. The summed E-state index contributed by atoms with van der Waals surface area (Å²) in [6.07, 6.45) is 2.88. The van der Waals surface area contributed by atoms with Gasteiger partial charge in [0, 0.05) is 25.2 Å². The van der Waals surface area contributed by atoms with Crippen molar-refractivity contribution < 1.29 is 14.3 Å². The van der Waals surface area contributed by atoms with Gasteiger partial charge in [0.2, 0.25) is 5.91 Å². The molecule has 0 atom stereocenters. The number of nitrogens with zero attached hydrogens (tertiary/aromatic N) is 2. The molecule has 1 saturated heterocycles. The molecule has 1 aromatic carbocycles. The summed E-state index contributed by atoms with van der Waals surface area (Å²) in [4.78, 5) is 30.1. The van der Waals surface area contributed by atoms with Crippen LogP contribution < -0.4 is 15.5 Å². The number of hydrogen-bond acceptors (Lipinski definition) is 5. The van der Waals surface area contributed by atoms with E-state index in [2.05, 4.69) is 27.1 Å². The first-order valence-corrected chi connectivity index (χ1v) is 8.75. The highest BCUT2D eigenvalue weighted by Crippen LogP contribution is 2.16.